The molecule has 5 aromatic rings. The third-order valence-corrected chi connectivity index (χ3v) is 8.68. The van der Waals surface area contributed by atoms with Gasteiger partial charge in [0.25, 0.3) is 5.91 Å². The highest BCUT2D eigenvalue weighted by atomic mass is 16.3. The van der Waals surface area contributed by atoms with Crippen molar-refractivity contribution >= 4 is 11.8 Å². The Kier molecular flexibility index (Phi) is 12.9. The van der Waals surface area contributed by atoms with Gasteiger partial charge in [0.15, 0.2) is 0 Å². The van der Waals surface area contributed by atoms with Crippen molar-refractivity contribution in [3.63, 3.8) is 0 Å². The summed E-state index contributed by atoms with van der Waals surface area (Å²) in [4.78, 5) is 25.4. The van der Waals surface area contributed by atoms with Crippen LogP contribution in [0.2, 0.25) is 0 Å². The van der Waals surface area contributed by atoms with E-state index in [1.54, 1.807) is 24.3 Å². The van der Waals surface area contributed by atoms with E-state index < -0.39 is 6.10 Å². The van der Waals surface area contributed by atoms with E-state index in [9.17, 15) is 24.9 Å². The summed E-state index contributed by atoms with van der Waals surface area (Å²) in [6.07, 6.45) is 0.912. The highest BCUT2D eigenvalue weighted by molar-refractivity contribution is 5.94. The summed E-state index contributed by atoms with van der Waals surface area (Å²) in [5.74, 6) is -0.218. The molecule has 2 atom stereocenters. The molecule has 0 fully saturated rings. The van der Waals surface area contributed by atoms with Crippen molar-refractivity contribution in [2.45, 2.75) is 51.5 Å². The predicted octanol–water partition coefficient (Wildman–Crippen LogP) is 5.64. The van der Waals surface area contributed by atoms with E-state index in [1.807, 2.05) is 61.5 Å². The molecule has 0 aliphatic rings. The van der Waals surface area contributed by atoms with Gasteiger partial charge in [-0.2, -0.15) is 0 Å². The zero-order valence-electron chi connectivity index (χ0n) is 28.3. The Hall–Kier alpha value is -5.28. The molecule has 0 unspecified atom stereocenters. The number of amides is 2. The predicted molar refractivity (Wildman–Crippen MR) is 197 cm³/mol. The van der Waals surface area contributed by atoms with Crippen LogP contribution in [-0.4, -0.2) is 46.3 Å². The van der Waals surface area contributed by atoms with Crippen LogP contribution in [0.3, 0.4) is 0 Å². The molecule has 8 nitrogen and oxygen atoms in total. The zero-order valence-corrected chi connectivity index (χ0v) is 28.3. The van der Waals surface area contributed by atoms with Crippen LogP contribution in [0.1, 0.15) is 56.8 Å². The molecule has 0 heterocycles. The first-order chi connectivity index (χ1) is 24.3. The van der Waals surface area contributed by atoms with E-state index in [1.165, 1.54) is 17.2 Å². The number of aliphatic hydroxyl groups excluding tert-OH is 2. The van der Waals surface area contributed by atoms with Crippen molar-refractivity contribution in [2.24, 2.45) is 0 Å². The van der Waals surface area contributed by atoms with Crippen LogP contribution in [0, 0.1) is 0 Å². The summed E-state index contributed by atoms with van der Waals surface area (Å²) >= 11 is 0. The molecule has 258 valence electrons. The maximum atomic E-state index is 12.8. The Bertz CT molecular complexity index is 1840. The number of carbonyl (C=O) groups excluding carboxylic acids is 2. The lowest BCUT2D eigenvalue weighted by Gasteiger charge is -2.18. The molecule has 2 amide bonds. The molecule has 0 spiro atoms. The third-order valence-electron chi connectivity index (χ3n) is 8.68. The molecule has 0 aliphatic heterocycles. The van der Waals surface area contributed by atoms with Gasteiger partial charge in [0.2, 0.25) is 5.91 Å². The Balaban J connectivity index is 1.01. The van der Waals surface area contributed by atoms with Crippen molar-refractivity contribution in [1.82, 2.24) is 16.0 Å². The van der Waals surface area contributed by atoms with Gasteiger partial charge in [-0.1, -0.05) is 97.1 Å². The topological polar surface area (TPSA) is 131 Å². The molecule has 50 heavy (non-hydrogen) atoms. The summed E-state index contributed by atoms with van der Waals surface area (Å²) in [5, 5.41) is 39.0. The lowest BCUT2D eigenvalue weighted by Crippen LogP contribution is -2.32. The molecule has 0 saturated carbocycles. The second-order valence-corrected chi connectivity index (χ2v) is 12.6. The number of aromatic hydroxyl groups is 1. The summed E-state index contributed by atoms with van der Waals surface area (Å²) in [5.41, 5.74) is 7.97. The fourth-order valence-corrected chi connectivity index (χ4v) is 5.80. The first-order valence-corrected chi connectivity index (χ1v) is 17.0. The number of benzene rings is 5. The maximum Gasteiger partial charge on any atom is 0.251 e. The highest BCUT2D eigenvalue weighted by Crippen LogP contribution is 2.23. The van der Waals surface area contributed by atoms with Crippen LogP contribution < -0.4 is 16.0 Å². The first-order valence-electron chi connectivity index (χ1n) is 17.0. The zero-order chi connectivity index (χ0) is 35.3. The van der Waals surface area contributed by atoms with Gasteiger partial charge < -0.3 is 31.3 Å². The van der Waals surface area contributed by atoms with Crippen LogP contribution >= 0.6 is 0 Å². The maximum absolute atomic E-state index is 12.8. The molecule has 8 heteroatoms. The molecule has 6 N–H and O–H groups in total. The van der Waals surface area contributed by atoms with Crippen LogP contribution in [0.4, 0.5) is 0 Å². The van der Waals surface area contributed by atoms with Crippen molar-refractivity contribution in [1.29, 1.82) is 0 Å². The minimum atomic E-state index is -0.785. The molecule has 5 aromatic carbocycles. The summed E-state index contributed by atoms with van der Waals surface area (Å²) in [6, 6.07) is 38.6. The number of aliphatic hydroxyl groups is 2. The number of hydrogen-bond donors (Lipinski definition) is 6. The monoisotopic (exact) mass is 671 g/mol. The average Bonchev–Trinajstić information content (AvgIpc) is 3.14. The Morgan fingerprint density at radius 1 is 0.720 bits per heavy atom. The fraction of sp³-hybridized carbons (Fsp3) is 0.238. The molecule has 0 bridgehead atoms. The quantitative estimate of drug-likeness (QED) is 0.0806. The van der Waals surface area contributed by atoms with Crippen molar-refractivity contribution < 1.29 is 24.9 Å². The molecule has 0 radical (unpaired) electrons. The van der Waals surface area contributed by atoms with Crippen molar-refractivity contribution in [2.75, 3.05) is 13.1 Å². The van der Waals surface area contributed by atoms with Gasteiger partial charge in [-0.05, 0) is 83.0 Å². The van der Waals surface area contributed by atoms with E-state index in [0.717, 1.165) is 28.7 Å². The largest absolute Gasteiger partial charge is 0.508 e. The fourth-order valence-electron chi connectivity index (χ4n) is 5.80. The average molecular weight is 672 g/mol. The number of rotatable bonds is 16. The Labute approximate surface area is 293 Å². The van der Waals surface area contributed by atoms with Crippen LogP contribution in [0.15, 0.2) is 121 Å². The van der Waals surface area contributed by atoms with E-state index >= 15 is 0 Å². The van der Waals surface area contributed by atoms with Gasteiger partial charge in [0, 0.05) is 36.8 Å². The SMILES string of the molecule is C[C@H](Cc1cccc(CC(=O)NCc2ccc(C(=O)NCCc3ccc(-c4ccccc4)cc3)cc2)c1)NC[C@H](O)c1ccc(O)c(CO)c1. The Morgan fingerprint density at radius 2 is 1.42 bits per heavy atom. The summed E-state index contributed by atoms with van der Waals surface area (Å²) in [7, 11) is 0. The minimum Gasteiger partial charge on any atom is -0.508 e. The number of nitrogens with one attached hydrogen (secondary N) is 3. The van der Waals surface area contributed by atoms with Gasteiger partial charge in [-0.15, -0.1) is 0 Å². The van der Waals surface area contributed by atoms with Gasteiger partial charge in [0.1, 0.15) is 5.75 Å². The summed E-state index contributed by atoms with van der Waals surface area (Å²) < 4.78 is 0. The molecule has 0 saturated heterocycles. The standard InChI is InChI=1S/C42H45N3O5/c1-29(44-27-40(48)37-18-19-39(47)38(25-37)28-46)22-32-6-5-7-33(23-32)24-41(49)45-26-31-12-16-36(17-13-31)42(50)43-21-20-30-10-14-35(15-11-30)34-8-3-2-4-9-34/h2-19,23,25,29,40,44,46-48H,20-22,24,26-28H2,1H3,(H,43,50)(H,45,49)/t29-,40+/m1/s1. The number of phenols is 1. The first kappa shape index (κ1) is 36.0. The minimum absolute atomic E-state index is 0.00208. The van der Waals surface area contributed by atoms with E-state index in [2.05, 4.69) is 52.3 Å². The van der Waals surface area contributed by atoms with E-state index in [-0.39, 0.29) is 36.6 Å². The molecule has 0 aromatic heterocycles. The number of carbonyl (C=O) groups is 2. The molecule has 5 rings (SSSR count). The van der Waals surface area contributed by atoms with Crippen LogP contribution in [0.5, 0.6) is 5.75 Å². The van der Waals surface area contributed by atoms with Gasteiger partial charge >= 0.3 is 0 Å². The highest BCUT2D eigenvalue weighted by Gasteiger charge is 2.13. The molecular formula is C42H45N3O5. The second kappa shape index (κ2) is 17.9. The van der Waals surface area contributed by atoms with Crippen LogP contribution in [-0.2, 0) is 37.2 Å². The lowest BCUT2D eigenvalue weighted by molar-refractivity contribution is -0.120. The van der Waals surface area contributed by atoms with Gasteiger partial charge in [0.05, 0.1) is 19.1 Å². The molecule has 0 aliphatic carbocycles. The smallest absolute Gasteiger partial charge is 0.251 e. The Morgan fingerprint density at radius 3 is 2.16 bits per heavy atom. The van der Waals surface area contributed by atoms with E-state index in [4.69, 9.17) is 0 Å². The van der Waals surface area contributed by atoms with Crippen LogP contribution in [0.25, 0.3) is 11.1 Å². The van der Waals surface area contributed by atoms with Crippen molar-refractivity contribution in [3.8, 4) is 16.9 Å². The normalized spacial score (nSPS) is 12.2. The lowest BCUT2D eigenvalue weighted by atomic mass is 10.0. The van der Waals surface area contributed by atoms with Crippen molar-refractivity contribution in [3.05, 3.63) is 160 Å². The molecular weight excluding hydrogens is 626 g/mol. The third kappa shape index (κ3) is 10.6. The second-order valence-electron chi connectivity index (χ2n) is 12.6. The van der Waals surface area contributed by atoms with Gasteiger partial charge in [-0.3, -0.25) is 9.59 Å². The summed E-state index contributed by atoms with van der Waals surface area (Å²) in [6.45, 7) is 2.95. The number of hydrogen-bond acceptors (Lipinski definition) is 6. The van der Waals surface area contributed by atoms with E-state index in [0.29, 0.717) is 42.7 Å². The van der Waals surface area contributed by atoms with Gasteiger partial charge in [-0.25, -0.2) is 0 Å².